The fourth-order valence-corrected chi connectivity index (χ4v) is 2.37. The zero-order valence-electron chi connectivity index (χ0n) is 9.96. The molecular weight excluding hydrogens is 202 g/mol. The van der Waals surface area contributed by atoms with Crippen LogP contribution in [-0.2, 0) is 4.79 Å². The van der Waals surface area contributed by atoms with Gasteiger partial charge in [-0.2, -0.15) is 0 Å². The smallest absolute Gasteiger partial charge is 0.155 e. The first-order valence-electron chi connectivity index (χ1n) is 5.54. The summed E-state index contributed by atoms with van der Waals surface area (Å²) in [5.41, 5.74) is 3.22. The summed E-state index contributed by atoms with van der Waals surface area (Å²) < 4.78 is 5.31. The van der Waals surface area contributed by atoms with Gasteiger partial charge in [-0.05, 0) is 30.5 Å². The lowest BCUT2D eigenvalue weighted by molar-refractivity contribution is -0.118. The number of aryl methyl sites for hydroxylation is 2. The molecular formula is C13H17NO2. The minimum absolute atomic E-state index is 0.122. The summed E-state index contributed by atoms with van der Waals surface area (Å²) in [5.74, 6) is 1.19. The van der Waals surface area contributed by atoms with E-state index in [1.807, 2.05) is 26.0 Å². The minimum atomic E-state index is -0.122. The standard InChI is InChI=1S/C13H17NO2/c1-8-6-10(7-9(2)13(8)16-3)12-11(15)4-5-14-12/h6-7,12,14H,4-5H2,1-3H3. The zero-order valence-corrected chi connectivity index (χ0v) is 9.96. The maximum Gasteiger partial charge on any atom is 0.155 e. The van der Waals surface area contributed by atoms with Gasteiger partial charge >= 0.3 is 0 Å². The first-order valence-corrected chi connectivity index (χ1v) is 5.54. The monoisotopic (exact) mass is 219 g/mol. The SMILES string of the molecule is COc1c(C)cc(C2NCCC2=O)cc1C. The van der Waals surface area contributed by atoms with Gasteiger partial charge in [-0.1, -0.05) is 12.1 Å². The van der Waals surface area contributed by atoms with Crippen LogP contribution >= 0.6 is 0 Å². The van der Waals surface area contributed by atoms with Crippen LogP contribution in [0.4, 0.5) is 0 Å². The third-order valence-corrected chi connectivity index (χ3v) is 3.06. The number of ketones is 1. The van der Waals surface area contributed by atoms with Gasteiger partial charge in [-0.3, -0.25) is 4.79 Å². The Labute approximate surface area is 95.8 Å². The molecule has 1 aliphatic rings. The Bertz CT molecular complexity index is 403. The highest BCUT2D eigenvalue weighted by Gasteiger charge is 2.26. The molecule has 0 bridgehead atoms. The van der Waals surface area contributed by atoms with Crippen molar-refractivity contribution in [2.24, 2.45) is 0 Å². The van der Waals surface area contributed by atoms with Crippen LogP contribution in [0.5, 0.6) is 5.75 Å². The normalized spacial score (nSPS) is 20.2. The summed E-state index contributed by atoms with van der Waals surface area (Å²) >= 11 is 0. The van der Waals surface area contributed by atoms with Gasteiger partial charge in [0.25, 0.3) is 0 Å². The Morgan fingerprint density at radius 3 is 2.38 bits per heavy atom. The van der Waals surface area contributed by atoms with Crippen molar-refractivity contribution in [2.75, 3.05) is 13.7 Å². The molecule has 1 aromatic rings. The summed E-state index contributed by atoms with van der Waals surface area (Å²) in [6, 6.07) is 3.95. The fourth-order valence-electron chi connectivity index (χ4n) is 2.37. The highest BCUT2D eigenvalue weighted by Crippen LogP contribution is 2.29. The van der Waals surface area contributed by atoms with Gasteiger partial charge in [0, 0.05) is 13.0 Å². The fraction of sp³-hybridized carbons (Fsp3) is 0.462. The van der Waals surface area contributed by atoms with Crippen LogP contribution in [0.25, 0.3) is 0 Å². The van der Waals surface area contributed by atoms with E-state index in [4.69, 9.17) is 4.74 Å². The number of carbonyl (C=O) groups is 1. The van der Waals surface area contributed by atoms with Crippen LogP contribution < -0.4 is 10.1 Å². The number of Topliss-reactive ketones (excluding diaryl/α,β-unsaturated/α-hetero) is 1. The summed E-state index contributed by atoms with van der Waals surface area (Å²) in [5, 5.41) is 3.22. The Kier molecular flexibility index (Phi) is 2.97. The number of hydrogen-bond donors (Lipinski definition) is 1. The topological polar surface area (TPSA) is 38.3 Å². The van der Waals surface area contributed by atoms with E-state index in [1.54, 1.807) is 7.11 Å². The Hall–Kier alpha value is -1.35. The molecule has 3 heteroatoms. The second-order valence-electron chi connectivity index (χ2n) is 4.29. The molecule has 0 amide bonds. The number of benzene rings is 1. The number of rotatable bonds is 2. The molecule has 16 heavy (non-hydrogen) atoms. The molecule has 0 spiro atoms. The maximum absolute atomic E-state index is 11.7. The number of ether oxygens (including phenoxy) is 1. The Morgan fingerprint density at radius 2 is 1.94 bits per heavy atom. The van der Waals surface area contributed by atoms with E-state index in [-0.39, 0.29) is 11.8 Å². The number of hydrogen-bond acceptors (Lipinski definition) is 3. The molecule has 0 aromatic heterocycles. The quantitative estimate of drug-likeness (QED) is 0.825. The van der Waals surface area contributed by atoms with Crippen molar-refractivity contribution in [3.63, 3.8) is 0 Å². The maximum atomic E-state index is 11.7. The van der Waals surface area contributed by atoms with Gasteiger partial charge in [0.1, 0.15) is 5.75 Å². The molecule has 2 rings (SSSR count). The van der Waals surface area contributed by atoms with E-state index in [0.29, 0.717) is 6.42 Å². The Balaban J connectivity index is 2.39. The third kappa shape index (κ3) is 1.83. The van der Waals surface area contributed by atoms with Crippen LogP contribution in [0, 0.1) is 13.8 Å². The van der Waals surface area contributed by atoms with Crippen molar-refractivity contribution in [1.29, 1.82) is 0 Å². The van der Waals surface area contributed by atoms with Crippen molar-refractivity contribution < 1.29 is 9.53 Å². The predicted octanol–water partition coefficient (Wildman–Crippen LogP) is 1.92. The summed E-state index contributed by atoms with van der Waals surface area (Å²) in [6.07, 6.45) is 0.634. The molecule has 1 fully saturated rings. The lowest BCUT2D eigenvalue weighted by atomic mass is 9.98. The average molecular weight is 219 g/mol. The molecule has 1 saturated heterocycles. The largest absolute Gasteiger partial charge is 0.496 e. The highest BCUT2D eigenvalue weighted by molar-refractivity contribution is 5.87. The first-order chi connectivity index (χ1) is 7.63. The van der Waals surface area contributed by atoms with E-state index < -0.39 is 0 Å². The molecule has 1 unspecified atom stereocenters. The summed E-state index contributed by atoms with van der Waals surface area (Å²) in [6.45, 7) is 4.80. The van der Waals surface area contributed by atoms with Crippen LogP contribution in [-0.4, -0.2) is 19.4 Å². The van der Waals surface area contributed by atoms with Gasteiger partial charge in [0.15, 0.2) is 5.78 Å². The minimum Gasteiger partial charge on any atom is -0.496 e. The van der Waals surface area contributed by atoms with E-state index >= 15 is 0 Å². The molecule has 0 saturated carbocycles. The van der Waals surface area contributed by atoms with Crippen molar-refractivity contribution in [2.45, 2.75) is 26.3 Å². The molecule has 1 heterocycles. The summed E-state index contributed by atoms with van der Waals surface area (Å²) in [7, 11) is 1.67. The van der Waals surface area contributed by atoms with Crippen LogP contribution in [0.3, 0.4) is 0 Å². The average Bonchev–Trinajstić information content (AvgIpc) is 2.64. The van der Waals surface area contributed by atoms with Crippen molar-refractivity contribution in [1.82, 2.24) is 5.32 Å². The number of methoxy groups -OCH3 is 1. The van der Waals surface area contributed by atoms with E-state index in [1.165, 1.54) is 0 Å². The molecule has 1 aromatic carbocycles. The predicted molar refractivity (Wildman–Crippen MR) is 62.8 cm³/mol. The van der Waals surface area contributed by atoms with Gasteiger partial charge in [0.2, 0.25) is 0 Å². The third-order valence-electron chi connectivity index (χ3n) is 3.06. The molecule has 86 valence electrons. The molecule has 1 atom stereocenters. The zero-order chi connectivity index (χ0) is 11.7. The van der Waals surface area contributed by atoms with Crippen molar-refractivity contribution in [3.05, 3.63) is 28.8 Å². The number of carbonyl (C=O) groups excluding carboxylic acids is 1. The molecule has 1 aliphatic heterocycles. The van der Waals surface area contributed by atoms with Crippen LogP contribution in [0.15, 0.2) is 12.1 Å². The lowest BCUT2D eigenvalue weighted by Gasteiger charge is -2.14. The van der Waals surface area contributed by atoms with E-state index in [9.17, 15) is 4.79 Å². The van der Waals surface area contributed by atoms with Gasteiger partial charge in [0.05, 0.1) is 13.2 Å². The van der Waals surface area contributed by atoms with Gasteiger partial charge in [-0.25, -0.2) is 0 Å². The Morgan fingerprint density at radius 1 is 1.31 bits per heavy atom. The second-order valence-corrected chi connectivity index (χ2v) is 4.29. The summed E-state index contributed by atoms with van der Waals surface area (Å²) in [4.78, 5) is 11.7. The van der Waals surface area contributed by atoms with Crippen LogP contribution in [0.2, 0.25) is 0 Å². The van der Waals surface area contributed by atoms with E-state index in [0.717, 1.165) is 29.0 Å². The van der Waals surface area contributed by atoms with Crippen molar-refractivity contribution in [3.8, 4) is 5.75 Å². The van der Waals surface area contributed by atoms with Gasteiger partial charge in [-0.15, -0.1) is 0 Å². The lowest BCUT2D eigenvalue weighted by Crippen LogP contribution is -2.18. The number of nitrogens with one attached hydrogen (secondary N) is 1. The van der Waals surface area contributed by atoms with E-state index in [2.05, 4.69) is 5.32 Å². The van der Waals surface area contributed by atoms with Crippen molar-refractivity contribution >= 4 is 5.78 Å². The molecule has 0 radical (unpaired) electrons. The molecule has 0 aliphatic carbocycles. The highest BCUT2D eigenvalue weighted by atomic mass is 16.5. The molecule has 3 nitrogen and oxygen atoms in total. The van der Waals surface area contributed by atoms with Gasteiger partial charge < -0.3 is 10.1 Å². The first kappa shape index (κ1) is 11.1. The van der Waals surface area contributed by atoms with Crippen LogP contribution in [0.1, 0.15) is 29.2 Å². The molecule has 1 N–H and O–H groups in total. The second kappa shape index (κ2) is 4.26.